The lowest BCUT2D eigenvalue weighted by atomic mass is 10.0. The second-order valence-electron chi connectivity index (χ2n) is 6.01. The van der Waals surface area contributed by atoms with E-state index in [9.17, 15) is 4.79 Å². The minimum atomic E-state index is -0.236. The first kappa shape index (κ1) is 15.0. The molecule has 2 aromatic heterocycles. The molecule has 2 aliphatic rings. The number of aromatic nitrogens is 3. The molecular weight excluding hydrogens is 312 g/mol. The normalized spacial score (nSPS) is 23.2. The summed E-state index contributed by atoms with van der Waals surface area (Å²) < 4.78 is 7.15. The van der Waals surface area contributed by atoms with Crippen molar-refractivity contribution in [2.45, 2.75) is 49.1 Å². The maximum Gasteiger partial charge on any atom is 0.265 e. The number of thioether (sulfide) groups is 1. The van der Waals surface area contributed by atoms with Crippen molar-refractivity contribution in [2.24, 2.45) is 0 Å². The second-order valence-corrected chi connectivity index (χ2v) is 7.12. The van der Waals surface area contributed by atoms with Crippen LogP contribution in [0.2, 0.25) is 0 Å². The van der Waals surface area contributed by atoms with Gasteiger partial charge in [-0.2, -0.15) is 4.68 Å². The van der Waals surface area contributed by atoms with Crippen molar-refractivity contribution in [1.29, 1.82) is 0 Å². The Labute approximate surface area is 139 Å². The molecule has 0 aliphatic carbocycles. The van der Waals surface area contributed by atoms with E-state index in [2.05, 4.69) is 15.0 Å². The van der Waals surface area contributed by atoms with Gasteiger partial charge in [0.25, 0.3) is 5.91 Å². The molecule has 23 heavy (non-hydrogen) atoms. The largest absolute Gasteiger partial charge is 0.468 e. The van der Waals surface area contributed by atoms with Crippen LogP contribution < -0.4 is 0 Å². The molecule has 0 N–H and O–H groups in total. The Balaban J connectivity index is 1.65. The van der Waals surface area contributed by atoms with Gasteiger partial charge in [0, 0.05) is 6.42 Å². The smallest absolute Gasteiger partial charge is 0.265 e. The zero-order valence-corrected chi connectivity index (χ0v) is 14.0. The molecule has 4 heterocycles. The zero-order chi connectivity index (χ0) is 15.8. The number of hydrogen-bond donors (Lipinski definition) is 0. The third-order valence-corrected chi connectivity index (χ3v) is 5.72. The van der Waals surface area contributed by atoms with Crippen LogP contribution in [0, 0.1) is 0 Å². The molecule has 2 atom stereocenters. The average Bonchev–Trinajstić information content (AvgIpc) is 3.29. The molecule has 6 nitrogen and oxygen atoms in total. The Kier molecular flexibility index (Phi) is 3.98. The van der Waals surface area contributed by atoms with Gasteiger partial charge in [-0.1, -0.05) is 25.1 Å². The van der Waals surface area contributed by atoms with Gasteiger partial charge in [0.2, 0.25) is 0 Å². The first-order valence-electron chi connectivity index (χ1n) is 8.22. The van der Waals surface area contributed by atoms with Crippen LogP contribution in [0.5, 0.6) is 0 Å². The minimum Gasteiger partial charge on any atom is -0.468 e. The molecule has 0 saturated carbocycles. The van der Waals surface area contributed by atoms with Gasteiger partial charge in [0.1, 0.15) is 11.0 Å². The van der Waals surface area contributed by atoms with Crippen LogP contribution in [-0.4, -0.2) is 43.9 Å². The van der Waals surface area contributed by atoms with Crippen molar-refractivity contribution < 1.29 is 9.21 Å². The van der Waals surface area contributed by atoms with E-state index in [4.69, 9.17) is 4.42 Å². The molecule has 2 aromatic rings. The summed E-state index contributed by atoms with van der Waals surface area (Å²) in [7, 11) is 0. The predicted octanol–water partition coefficient (Wildman–Crippen LogP) is 2.78. The number of carbonyl (C=O) groups excluding carboxylic acids is 1. The van der Waals surface area contributed by atoms with E-state index in [0.29, 0.717) is 5.16 Å². The number of likely N-dealkylation sites (tertiary alicyclic amines) is 1. The Morgan fingerprint density at radius 2 is 2.22 bits per heavy atom. The molecule has 1 fully saturated rings. The highest BCUT2D eigenvalue weighted by atomic mass is 32.2. The van der Waals surface area contributed by atoms with Gasteiger partial charge in [0.15, 0.2) is 11.0 Å². The maximum atomic E-state index is 12.9. The van der Waals surface area contributed by atoms with Crippen molar-refractivity contribution >= 4 is 17.7 Å². The molecule has 0 aromatic carbocycles. The minimum absolute atomic E-state index is 0.0178. The molecule has 7 heteroatoms. The molecule has 2 unspecified atom stereocenters. The van der Waals surface area contributed by atoms with E-state index in [1.165, 1.54) is 35.7 Å². The van der Waals surface area contributed by atoms with E-state index in [1.54, 1.807) is 6.26 Å². The Morgan fingerprint density at radius 3 is 2.87 bits per heavy atom. The molecular formula is C16H20N4O2S. The van der Waals surface area contributed by atoms with Crippen LogP contribution in [0.4, 0.5) is 0 Å². The van der Waals surface area contributed by atoms with E-state index in [-0.39, 0.29) is 17.2 Å². The fraction of sp³-hybridized carbons (Fsp3) is 0.562. The van der Waals surface area contributed by atoms with Gasteiger partial charge < -0.3 is 4.42 Å². The predicted molar refractivity (Wildman–Crippen MR) is 86.5 cm³/mol. The highest BCUT2D eigenvalue weighted by Gasteiger charge is 2.44. The van der Waals surface area contributed by atoms with Crippen molar-refractivity contribution in [3.05, 3.63) is 30.0 Å². The fourth-order valence-corrected chi connectivity index (χ4v) is 4.62. The Morgan fingerprint density at radius 1 is 1.39 bits per heavy atom. The third-order valence-electron chi connectivity index (χ3n) is 4.53. The summed E-state index contributed by atoms with van der Waals surface area (Å²) >= 11 is 1.52. The monoisotopic (exact) mass is 332 g/mol. The number of furan rings is 1. The van der Waals surface area contributed by atoms with Gasteiger partial charge >= 0.3 is 0 Å². The van der Waals surface area contributed by atoms with Crippen LogP contribution in [0.3, 0.4) is 0 Å². The third kappa shape index (κ3) is 2.61. The number of rotatable bonds is 4. The van der Waals surface area contributed by atoms with Gasteiger partial charge in [-0.05, 0) is 38.1 Å². The van der Waals surface area contributed by atoms with E-state index >= 15 is 0 Å². The summed E-state index contributed by atoms with van der Waals surface area (Å²) in [4.78, 5) is 19.7. The Bertz CT molecular complexity index is 691. The van der Waals surface area contributed by atoms with Crippen molar-refractivity contribution in [3.63, 3.8) is 0 Å². The summed E-state index contributed by atoms with van der Waals surface area (Å²) in [5.74, 6) is 1.61. The lowest BCUT2D eigenvalue weighted by molar-refractivity contribution is 0.0797. The van der Waals surface area contributed by atoms with Crippen LogP contribution >= 0.6 is 11.8 Å². The standard InChI is InChI=1S/C16H20N4O2S/c1-2-12-17-16-20(18-12)15(21)14(23-16)13(11-7-6-10-22-11)19-8-4-3-5-9-19/h6-7,10,13-14H,2-5,8-9H2,1H3. The first-order chi connectivity index (χ1) is 11.3. The summed E-state index contributed by atoms with van der Waals surface area (Å²) in [6, 6.07) is 3.82. The first-order valence-corrected chi connectivity index (χ1v) is 9.10. The number of aryl methyl sites for hydroxylation is 1. The Hall–Kier alpha value is -1.60. The lowest BCUT2D eigenvalue weighted by Crippen LogP contribution is -2.41. The van der Waals surface area contributed by atoms with Gasteiger partial charge in [0.05, 0.1) is 12.3 Å². The van der Waals surface area contributed by atoms with Crippen molar-refractivity contribution in [1.82, 2.24) is 19.7 Å². The van der Waals surface area contributed by atoms with Gasteiger partial charge in [-0.3, -0.25) is 9.69 Å². The molecule has 2 aliphatic heterocycles. The summed E-state index contributed by atoms with van der Waals surface area (Å²) in [6.07, 6.45) is 6.03. The van der Waals surface area contributed by atoms with E-state index < -0.39 is 0 Å². The van der Waals surface area contributed by atoms with Crippen LogP contribution in [0.1, 0.15) is 48.6 Å². The van der Waals surface area contributed by atoms with Crippen molar-refractivity contribution in [2.75, 3.05) is 13.1 Å². The molecule has 0 amide bonds. The molecule has 0 bridgehead atoms. The van der Waals surface area contributed by atoms with Crippen LogP contribution in [0.25, 0.3) is 0 Å². The fourth-order valence-electron chi connectivity index (χ4n) is 3.37. The molecule has 0 radical (unpaired) electrons. The SMILES string of the molecule is CCc1nc2n(n1)C(=O)C(C(c1ccco1)N1CCCCC1)S2. The quantitative estimate of drug-likeness (QED) is 0.858. The summed E-state index contributed by atoms with van der Waals surface area (Å²) in [6.45, 7) is 4.01. The molecule has 122 valence electrons. The van der Waals surface area contributed by atoms with E-state index in [1.807, 2.05) is 19.1 Å². The molecule has 0 spiro atoms. The van der Waals surface area contributed by atoms with Gasteiger partial charge in [-0.15, -0.1) is 5.10 Å². The van der Waals surface area contributed by atoms with Gasteiger partial charge in [-0.25, -0.2) is 4.98 Å². The average molecular weight is 332 g/mol. The highest BCUT2D eigenvalue weighted by molar-refractivity contribution is 8.00. The molecule has 1 saturated heterocycles. The zero-order valence-electron chi connectivity index (χ0n) is 13.1. The maximum absolute atomic E-state index is 12.9. The van der Waals surface area contributed by atoms with Crippen molar-refractivity contribution in [3.8, 4) is 0 Å². The van der Waals surface area contributed by atoms with Crippen LogP contribution in [-0.2, 0) is 6.42 Å². The summed E-state index contributed by atoms with van der Waals surface area (Å²) in [5.41, 5.74) is 0. The number of nitrogens with zero attached hydrogens (tertiary/aromatic N) is 4. The number of fused-ring (bicyclic) bond motifs is 1. The second kappa shape index (κ2) is 6.13. The number of piperidine rings is 1. The molecule has 4 rings (SSSR count). The van der Waals surface area contributed by atoms with E-state index in [0.717, 1.165) is 31.1 Å². The lowest BCUT2D eigenvalue weighted by Gasteiger charge is -2.35. The number of hydrogen-bond acceptors (Lipinski definition) is 6. The van der Waals surface area contributed by atoms with Crippen LogP contribution in [0.15, 0.2) is 28.0 Å². The number of carbonyl (C=O) groups is 1. The summed E-state index contributed by atoms with van der Waals surface area (Å²) in [5, 5.41) is 4.81. The highest BCUT2D eigenvalue weighted by Crippen LogP contribution is 2.41. The topological polar surface area (TPSA) is 64.2 Å².